The number of benzene rings is 1. The Kier molecular flexibility index (Phi) is 7.39. The largest absolute Gasteiger partial charge is 0.336 e. The number of nitrogens with two attached hydrogens (primary N) is 1. The number of hydrogen-bond donors (Lipinski definition) is 1. The minimum atomic E-state index is 0. The summed E-state index contributed by atoms with van der Waals surface area (Å²) in [5, 5.41) is 0.747. The molecule has 1 amide bonds. The molecule has 0 bridgehead atoms. The van der Waals surface area contributed by atoms with Gasteiger partial charge >= 0.3 is 0 Å². The van der Waals surface area contributed by atoms with Crippen molar-refractivity contribution in [1.29, 1.82) is 0 Å². The molecule has 5 heteroatoms. The van der Waals surface area contributed by atoms with Gasteiger partial charge in [-0.2, -0.15) is 0 Å². The minimum Gasteiger partial charge on any atom is -0.336 e. The van der Waals surface area contributed by atoms with Crippen LogP contribution >= 0.6 is 24.0 Å². The molecule has 2 fully saturated rings. The van der Waals surface area contributed by atoms with E-state index in [1.807, 2.05) is 12.1 Å². The van der Waals surface area contributed by atoms with Gasteiger partial charge in [-0.1, -0.05) is 43.0 Å². The lowest BCUT2D eigenvalue weighted by molar-refractivity contribution is -0.134. The third kappa shape index (κ3) is 4.65. The van der Waals surface area contributed by atoms with E-state index in [9.17, 15) is 4.79 Å². The van der Waals surface area contributed by atoms with Crippen molar-refractivity contribution in [2.45, 2.75) is 63.5 Å². The van der Waals surface area contributed by atoms with E-state index in [2.05, 4.69) is 17.0 Å². The van der Waals surface area contributed by atoms with E-state index in [1.54, 1.807) is 0 Å². The zero-order valence-corrected chi connectivity index (χ0v) is 15.7. The van der Waals surface area contributed by atoms with E-state index in [0.717, 1.165) is 37.3 Å². The van der Waals surface area contributed by atoms with E-state index in [1.165, 1.54) is 24.8 Å². The van der Waals surface area contributed by atoms with Gasteiger partial charge in [-0.05, 0) is 49.3 Å². The van der Waals surface area contributed by atoms with Gasteiger partial charge in [0.1, 0.15) is 0 Å². The van der Waals surface area contributed by atoms with Crippen LogP contribution in [0, 0.1) is 5.92 Å². The van der Waals surface area contributed by atoms with Gasteiger partial charge in [-0.15, -0.1) is 12.4 Å². The van der Waals surface area contributed by atoms with Crippen LogP contribution < -0.4 is 5.73 Å². The van der Waals surface area contributed by atoms with Crippen molar-refractivity contribution in [2.75, 3.05) is 6.54 Å². The summed E-state index contributed by atoms with van der Waals surface area (Å²) in [6.45, 7) is 0.869. The Hall–Kier alpha value is -0.770. The Morgan fingerprint density at radius 1 is 1.08 bits per heavy atom. The Morgan fingerprint density at radius 3 is 2.50 bits per heavy atom. The molecule has 1 unspecified atom stereocenters. The Balaban J connectivity index is 0.00000208. The first-order chi connectivity index (χ1) is 11.1. The number of halogens is 2. The lowest BCUT2D eigenvalue weighted by Crippen LogP contribution is -2.37. The molecule has 3 atom stereocenters. The Bertz CT molecular complexity index is 535. The molecule has 134 valence electrons. The van der Waals surface area contributed by atoms with Crippen molar-refractivity contribution in [2.24, 2.45) is 11.7 Å². The van der Waals surface area contributed by atoms with Crippen LogP contribution in [0.3, 0.4) is 0 Å². The maximum Gasteiger partial charge on any atom is 0.223 e. The van der Waals surface area contributed by atoms with Crippen molar-refractivity contribution in [3.63, 3.8) is 0 Å². The molecule has 1 aromatic carbocycles. The average Bonchev–Trinajstić information content (AvgIpc) is 2.81. The maximum absolute atomic E-state index is 12.9. The first kappa shape index (κ1) is 19.6. The second-order valence-corrected chi connectivity index (χ2v) is 7.50. The molecule has 1 heterocycles. The molecular formula is C19H28Cl2N2O. The van der Waals surface area contributed by atoms with Crippen LogP contribution in [0.4, 0.5) is 0 Å². The van der Waals surface area contributed by atoms with E-state index >= 15 is 0 Å². The molecule has 1 aliphatic heterocycles. The maximum atomic E-state index is 12.9. The lowest BCUT2D eigenvalue weighted by atomic mass is 9.97. The van der Waals surface area contributed by atoms with E-state index in [-0.39, 0.29) is 30.4 Å². The first-order valence-corrected chi connectivity index (χ1v) is 9.33. The molecule has 0 aromatic heterocycles. The van der Waals surface area contributed by atoms with Crippen LogP contribution in [0.1, 0.15) is 63.0 Å². The highest BCUT2D eigenvalue weighted by Gasteiger charge is 2.31. The van der Waals surface area contributed by atoms with Gasteiger partial charge in [0.15, 0.2) is 0 Å². The molecule has 1 aliphatic carbocycles. The Labute approximate surface area is 156 Å². The Morgan fingerprint density at radius 2 is 1.83 bits per heavy atom. The summed E-state index contributed by atoms with van der Waals surface area (Å²) in [4.78, 5) is 15.1. The third-order valence-corrected chi connectivity index (χ3v) is 5.73. The smallest absolute Gasteiger partial charge is 0.223 e. The van der Waals surface area contributed by atoms with Crippen LogP contribution in [0.5, 0.6) is 0 Å². The molecule has 24 heavy (non-hydrogen) atoms. The lowest BCUT2D eigenvalue weighted by Gasteiger charge is -2.32. The first-order valence-electron chi connectivity index (χ1n) is 8.95. The highest BCUT2D eigenvalue weighted by Crippen LogP contribution is 2.33. The van der Waals surface area contributed by atoms with Crippen molar-refractivity contribution >= 4 is 29.9 Å². The van der Waals surface area contributed by atoms with E-state index in [0.29, 0.717) is 12.3 Å². The summed E-state index contributed by atoms with van der Waals surface area (Å²) in [5.74, 6) is 0.658. The summed E-state index contributed by atoms with van der Waals surface area (Å²) in [6.07, 6.45) is 8.49. The highest BCUT2D eigenvalue weighted by molar-refractivity contribution is 6.30. The summed E-state index contributed by atoms with van der Waals surface area (Å²) < 4.78 is 0. The topological polar surface area (TPSA) is 46.3 Å². The number of carbonyl (C=O) groups is 1. The van der Waals surface area contributed by atoms with Crippen molar-refractivity contribution < 1.29 is 4.79 Å². The molecule has 0 spiro atoms. The number of nitrogens with zero attached hydrogens (tertiary/aromatic N) is 1. The normalized spacial score (nSPS) is 27.4. The predicted molar refractivity (Wildman–Crippen MR) is 102 cm³/mol. The second-order valence-electron chi connectivity index (χ2n) is 7.06. The molecule has 0 radical (unpaired) electrons. The van der Waals surface area contributed by atoms with Crippen LogP contribution in [-0.4, -0.2) is 23.4 Å². The van der Waals surface area contributed by atoms with Gasteiger partial charge < -0.3 is 10.6 Å². The van der Waals surface area contributed by atoms with Crippen molar-refractivity contribution in [3.05, 3.63) is 34.9 Å². The quantitative estimate of drug-likeness (QED) is 0.836. The molecule has 3 rings (SSSR count). The molecule has 1 saturated carbocycles. The zero-order chi connectivity index (χ0) is 16.2. The van der Waals surface area contributed by atoms with Crippen LogP contribution in [-0.2, 0) is 4.79 Å². The molecule has 1 aromatic rings. The predicted octanol–water partition coefficient (Wildman–Crippen LogP) is 4.72. The highest BCUT2D eigenvalue weighted by atomic mass is 35.5. The fraction of sp³-hybridized carbons (Fsp3) is 0.632. The average molecular weight is 371 g/mol. The fourth-order valence-electron chi connectivity index (χ4n) is 4.10. The van der Waals surface area contributed by atoms with Gasteiger partial charge in [0.25, 0.3) is 0 Å². The minimum absolute atomic E-state index is 0. The molecule has 1 saturated heterocycles. The van der Waals surface area contributed by atoms with Crippen LogP contribution in [0.25, 0.3) is 0 Å². The molecule has 2 N–H and O–H groups in total. The molecular weight excluding hydrogens is 343 g/mol. The number of hydrogen-bond acceptors (Lipinski definition) is 2. The zero-order valence-electron chi connectivity index (χ0n) is 14.1. The van der Waals surface area contributed by atoms with Gasteiger partial charge in [0.2, 0.25) is 5.91 Å². The van der Waals surface area contributed by atoms with Crippen molar-refractivity contribution in [3.8, 4) is 0 Å². The molecule has 2 aliphatic rings. The van der Waals surface area contributed by atoms with Gasteiger partial charge in [0.05, 0.1) is 6.04 Å². The number of carbonyl (C=O) groups excluding carboxylic acids is 1. The number of amides is 1. The van der Waals surface area contributed by atoms with Crippen LogP contribution in [0.15, 0.2) is 24.3 Å². The standard InChI is InChI=1S/C19H27ClN2O.ClH/c20-16-10-8-14(9-11-16)18-7-2-1-3-12-22(18)19(23)13-15-5-4-6-17(15)21;/h8-11,15,17-18H,1-7,12-13,21H2;1H/t15-,17+,18?;/m0./s1. The SMILES string of the molecule is Cl.N[C@@H]1CCC[C@H]1CC(=O)N1CCCCCC1c1ccc(Cl)cc1. The second kappa shape index (κ2) is 9.07. The summed E-state index contributed by atoms with van der Waals surface area (Å²) >= 11 is 6.02. The summed E-state index contributed by atoms with van der Waals surface area (Å²) in [6, 6.07) is 8.40. The van der Waals surface area contributed by atoms with Crippen molar-refractivity contribution in [1.82, 2.24) is 4.90 Å². The fourth-order valence-corrected chi connectivity index (χ4v) is 4.22. The third-order valence-electron chi connectivity index (χ3n) is 5.48. The van der Waals surface area contributed by atoms with E-state index in [4.69, 9.17) is 17.3 Å². The summed E-state index contributed by atoms with van der Waals surface area (Å²) in [7, 11) is 0. The number of rotatable bonds is 3. The monoisotopic (exact) mass is 370 g/mol. The van der Waals surface area contributed by atoms with Crippen LogP contribution in [0.2, 0.25) is 5.02 Å². The van der Waals surface area contributed by atoms with Gasteiger partial charge in [0, 0.05) is 24.0 Å². The van der Waals surface area contributed by atoms with E-state index < -0.39 is 0 Å². The van der Waals surface area contributed by atoms with Gasteiger partial charge in [-0.25, -0.2) is 0 Å². The molecule has 3 nitrogen and oxygen atoms in total. The van der Waals surface area contributed by atoms with Gasteiger partial charge in [-0.3, -0.25) is 4.79 Å². The summed E-state index contributed by atoms with van der Waals surface area (Å²) in [5.41, 5.74) is 7.37. The number of likely N-dealkylation sites (tertiary alicyclic amines) is 1.